The molecular formula is C14H21ClN2O5S. The number of nitrogens with one attached hydrogen (secondary N) is 2. The normalized spacial score (nSPS) is 12.7. The molecule has 0 saturated carbocycles. The third-order valence-corrected chi connectivity index (χ3v) is 4.68. The van der Waals surface area contributed by atoms with Gasteiger partial charge in [0.1, 0.15) is 5.75 Å². The van der Waals surface area contributed by atoms with E-state index >= 15 is 0 Å². The van der Waals surface area contributed by atoms with E-state index in [1.165, 1.54) is 32.2 Å². The van der Waals surface area contributed by atoms with Gasteiger partial charge < -0.3 is 14.8 Å². The highest BCUT2D eigenvalue weighted by atomic mass is 35.5. The molecule has 1 atom stereocenters. The van der Waals surface area contributed by atoms with E-state index in [0.29, 0.717) is 25.5 Å². The molecule has 1 amide bonds. The molecule has 7 nitrogen and oxygen atoms in total. The van der Waals surface area contributed by atoms with Crippen molar-refractivity contribution in [2.24, 2.45) is 0 Å². The third kappa shape index (κ3) is 5.98. The number of methoxy groups -OCH3 is 1. The van der Waals surface area contributed by atoms with Crippen molar-refractivity contribution < 1.29 is 22.7 Å². The Bertz CT molecular complexity index is 636. The first kappa shape index (κ1) is 19.7. The lowest BCUT2D eigenvalue weighted by atomic mass is 10.3. The summed E-state index contributed by atoms with van der Waals surface area (Å²) < 4.78 is 36.9. The van der Waals surface area contributed by atoms with Crippen LogP contribution in [0.25, 0.3) is 0 Å². The summed E-state index contributed by atoms with van der Waals surface area (Å²) in [5.74, 6) is -0.0406. The van der Waals surface area contributed by atoms with Crippen molar-refractivity contribution in [1.82, 2.24) is 10.0 Å². The molecule has 0 heterocycles. The van der Waals surface area contributed by atoms with E-state index in [4.69, 9.17) is 21.1 Å². The molecule has 0 aliphatic rings. The topological polar surface area (TPSA) is 93.7 Å². The van der Waals surface area contributed by atoms with Gasteiger partial charge in [0.15, 0.2) is 0 Å². The second-order valence-electron chi connectivity index (χ2n) is 4.65. The first-order valence-electron chi connectivity index (χ1n) is 7.03. The van der Waals surface area contributed by atoms with Gasteiger partial charge in [0.25, 0.3) is 0 Å². The minimum atomic E-state index is -3.87. The lowest BCUT2D eigenvalue weighted by Gasteiger charge is -2.15. The highest BCUT2D eigenvalue weighted by Crippen LogP contribution is 2.27. The second-order valence-corrected chi connectivity index (χ2v) is 6.77. The van der Waals surface area contributed by atoms with Gasteiger partial charge in [0, 0.05) is 13.7 Å². The standard InChI is InChI=1S/C14H21ClN2O5S/c1-4-22-13-6-5-11(9-12(13)15)23(19,20)17-10(2)14(18)16-7-8-21-3/h5-6,9-10,17H,4,7-8H2,1-3H3,(H,16,18)/t10-/m1/s1. The van der Waals surface area contributed by atoms with Crippen LogP contribution in [0, 0.1) is 0 Å². The Labute approximate surface area is 141 Å². The summed E-state index contributed by atoms with van der Waals surface area (Å²) in [6.07, 6.45) is 0. The smallest absolute Gasteiger partial charge is 0.241 e. The number of benzene rings is 1. The van der Waals surface area contributed by atoms with E-state index in [9.17, 15) is 13.2 Å². The van der Waals surface area contributed by atoms with E-state index in [1.54, 1.807) is 6.92 Å². The maximum absolute atomic E-state index is 12.3. The van der Waals surface area contributed by atoms with E-state index in [0.717, 1.165) is 0 Å². The summed E-state index contributed by atoms with van der Waals surface area (Å²) in [7, 11) is -2.36. The van der Waals surface area contributed by atoms with Gasteiger partial charge in [0.2, 0.25) is 15.9 Å². The summed E-state index contributed by atoms with van der Waals surface area (Å²) in [5, 5.41) is 2.74. The third-order valence-electron chi connectivity index (χ3n) is 2.84. The van der Waals surface area contributed by atoms with Gasteiger partial charge in [-0.1, -0.05) is 11.6 Å². The lowest BCUT2D eigenvalue weighted by Crippen LogP contribution is -2.45. The average molecular weight is 365 g/mol. The van der Waals surface area contributed by atoms with Gasteiger partial charge in [-0.05, 0) is 32.0 Å². The van der Waals surface area contributed by atoms with Gasteiger partial charge in [-0.2, -0.15) is 4.72 Å². The number of hydrogen-bond donors (Lipinski definition) is 2. The summed E-state index contributed by atoms with van der Waals surface area (Å²) in [6, 6.07) is 3.20. The molecule has 0 unspecified atom stereocenters. The maximum Gasteiger partial charge on any atom is 0.241 e. The fourth-order valence-corrected chi connectivity index (χ4v) is 3.23. The highest BCUT2D eigenvalue weighted by molar-refractivity contribution is 7.89. The molecular weight excluding hydrogens is 344 g/mol. The van der Waals surface area contributed by atoms with Gasteiger partial charge in [-0.25, -0.2) is 8.42 Å². The monoisotopic (exact) mass is 364 g/mol. The SMILES string of the molecule is CCOc1ccc(S(=O)(=O)N[C@H](C)C(=O)NCCOC)cc1Cl. The quantitative estimate of drug-likeness (QED) is 0.641. The van der Waals surface area contributed by atoms with Gasteiger partial charge >= 0.3 is 0 Å². The van der Waals surface area contributed by atoms with Crippen molar-refractivity contribution in [1.29, 1.82) is 0 Å². The van der Waals surface area contributed by atoms with E-state index in [1.807, 2.05) is 0 Å². The Balaban J connectivity index is 2.78. The Morgan fingerprint density at radius 1 is 1.39 bits per heavy atom. The van der Waals surface area contributed by atoms with Crippen LogP contribution in [0.5, 0.6) is 5.75 Å². The summed E-state index contributed by atoms with van der Waals surface area (Å²) >= 11 is 5.99. The number of rotatable bonds is 9. The number of ether oxygens (including phenoxy) is 2. The van der Waals surface area contributed by atoms with Crippen LogP contribution in [0.3, 0.4) is 0 Å². The Morgan fingerprint density at radius 2 is 2.09 bits per heavy atom. The summed E-state index contributed by atoms with van der Waals surface area (Å²) in [4.78, 5) is 11.8. The van der Waals surface area contributed by atoms with Gasteiger partial charge in [0.05, 0.1) is 29.2 Å². The van der Waals surface area contributed by atoms with Crippen molar-refractivity contribution in [3.8, 4) is 5.75 Å². The van der Waals surface area contributed by atoms with Crippen LogP contribution in [0.4, 0.5) is 0 Å². The predicted octanol–water partition coefficient (Wildman–Crippen LogP) is 1.17. The Morgan fingerprint density at radius 3 is 2.65 bits per heavy atom. The van der Waals surface area contributed by atoms with Gasteiger partial charge in [-0.15, -0.1) is 0 Å². The molecule has 1 rings (SSSR count). The predicted molar refractivity (Wildman–Crippen MR) is 87.3 cm³/mol. The fourth-order valence-electron chi connectivity index (χ4n) is 1.70. The molecule has 9 heteroatoms. The number of carbonyl (C=O) groups is 1. The first-order valence-corrected chi connectivity index (χ1v) is 8.89. The van der Waals surface area contributed by atoms with Crippen molar-refractivity contribution in [3.05, 3.63) is 23.2 Å². The largest absolute Gasteiger partial charge is 0.492 e. The molecule has 2 N–H and O–H groups in total. The van der Waals surface area contributed by atoms with E-state index in [2.05, 4.69) is 10.0 Å². The first-order chi connectivity index (χ1) is 10.8. The van der Waals surface area contributed by atoms with Crippen LogP contribution >= 0.6 is 11.6 Å². The average Bonchev–Trinajstić information content (AvgIpc) is 2.49. The molecule has 0 aliphatic heterocycles. The fraction of sp³-hybridized carbons (Fsp3) is 0.500. The zero-order valence-corrected chi connectivity index (χ0v) is 14.8. The highest BCUT2D eigenvalue weighted by Gasteiger charge is 2.22. The number of carbonyl (C=O) groups excluding carboxylic acids is 1. The minimum absolute atomic E-state index is 0.0394. The molecule has 0 aliphatic carbocycles. The summed E-state index contributed by atoms with van der Waals surface area (Å²) in [6.45, 7) is 4.32. The molecule has 0 radical (unpaired) electrons. The second kappa shape index (κ2) is 9.07. The molecule has 0 saturated heterocycles. The van der Waals surface area contributed by atoms with Crippen molar-refractivity contribution in [2.75, 3.05) is 26.9 Å². The van der Waals surface area contributed by atoms with Crippen LogP contribution in [0.1, 0.15) is 13.8 Å². The molecule has 130 valence electrons. The Kier molecular flexibility index (Phi) is 7.77. The molecule has 0 spiro atoms. The molecule has 1 aromatic carbocycles. The number of halogens is 1. The lowest BCUT2D eigenvalue weighted by molar-refractivity contribution is -0.122. The van der Waals surface area contributed by atoms with Crippen molar-refractivity contribution in [3.63, 3.8) is 0 Å². The van der Waals surface area contributed by atoms with Crippen LogP contribution < -0.4 is 14.8 Å². The number of hydrogen-bond acceptors (Lipinski definition) is 5. The minimum Gasteiger partial charge on any atom is -0.492 e. The van der Waals surface area contributed by atoms with E-state index in [-0.39, 0.29) is 9.92 Å². The molecule has 0 fully saturated rings. The molecule has 0 aromatic heterocycles. The molecule has 23 heavy (non-hydrogen) atoms. The zero-order valence-electron chi connectivity index (χ0n) is 13.3. The zero-order chi connectivity index (χ0) is 17.5. The van der Waals surface area contributed by atoms with Crippen LogP contribution in [-0.2, 0) is 19.6 Å². The van der Waals surface area contributed by atoms with Crippen LogP contribution in [0.2, 0.25) is 5.02 Å². The summed E-state index contributed by atoms with van der Waals surface area (Å²) in [5.41, 5.74) is 0. The van der Waals surface area contributed by atoms with Crippen molar-refractivity contribution >= 4 is 27.5 Å². The van der Waals surface area contributed by atoms with Crippen LogP contribution in [0.15, 0.2) is 23.1 Å². The van der Waals surface area contributed by atoms with Gasteiger partial charge in [-0.3, -0.25) is 4.79 Å². The molecule has 0 bridgehead atoms. The van der Waals surface area contributed by atoms with Crippen molar-refractivity contribution in [2.45, 2.75) is 24.8 Å². The molecule has 1 aromatic rings. The number of sulfonamides is 1. The van der Waals surface area contributed by atoms with Crippen LogP contribution in [-0.4, -0.2) is 47.2 Å². The maximum atomic E-state index is 12.3. The number of amides is 1. The van der Waals surface area contributed by atoms with E-state index < -0.39 is 22.0 Å². The Hall–Kier alpha value is -1.35.